The van der Waals surface area contributed by atoms with E-state index in [1.807, 2.05) is 12.1 Å². The monoisotopic (exact) mass is 290 g/mol. The Hall–Kier alpha value is -2.04. The molecule has 21 heavy (non-hydrogen) atoms. The van der Waals surface area contributed by atoms with Gasteiger partial charge >= 0.3 is 0 Å². The Morgan fingerprint density at radius 1 is 1.19 bits per heavy atom. The third-order valence-electron chi connectivity index (χ3n) is 3.72. The SMILES string of the molecule is CNC(=O)CCOc1ccc(NC(=O)C2CCCC2)cc1. The van der Waals surface area contributed by atoms with Gasteiger partial charge in [-0.25, -0.2) is 0 Å². The van der Waals surface area contributed by atoms with Gasteiger partial charge in [0.05, 0.1) is 13.0 Å². The molecule has 2 rings (SSSR count). The minimum atomic E-state index is -0.0459. The molecule has 0 saturated heterocycles. The molecule has 1 fully saturated rings. The summed E-state index contributed by atoms with van der Waals surface area (Å²) in [5.74, 6) is 0.919. The zero-order valence-electron chi connectivity index (χ0n) is 12.4. The fourth-order valence-electron chi connectivity index (χ4n) is 2.45. The van der Waals surface area contributed by atoms with Crippen LogP contribution in [0.4, 0.5) is 5.69 Å². The molecule has 5 nitrogen and oxygen atoms in total. The van der Waals surface area contributed by atoms with Crippen LogP contribution in [0.15, 0.2) is 24.3 Å². The highest BCUT2D eigenvalue weighted by molar-refractivity contribution is 5.92. The summed E-state index contributed by atoms with van der Waals surface area (Å²) in [6, 6.07) is 7.24. The molecule has 114 valence electrons. The van der Waals surface area contributed by atoms with Crippen molar-refractivity contribution in [1.29, 1.82) is 0 Å². The maximum atomic E-state index is 12.0. The van der Waals surface area contributed by atoms with Crippen LogP contribution in [0.3, 0.4) is 0 Å². The lowest BCUT2D eigenvalue weighted by Crippen LogP contribution is -2.20. The Labute approximate surface area is 125 Å². The van der Waals surface area contributed by atoms with Crippen LogP contribution in [0.1, 0.15) is 32.1 Å². The minimum Gasteiger partial charge on any atom is -0.493 e. The molecule has 1 aromatic rings. The molecular formula is C16H22N2O3. The van der Waals surface area contributed by atoms with Crippen LogP contribution >= 0.6 is 0 Å². The second kappa shape index (κ2) is 7.67. The Bertz CT molecular complexity index is 479. The summed E-state index contributed by atoms with van der Waals surface area (Å²) in [6.07, 6.45) is 4.61. The molecule has 0 radical (unpaired) electrons. The molecule has 2 amide bonds. The molecule has 1 saturated carbocycles. The maximum Gasteiger partial charge on any atom is 0.227 e. The van der Waals surface area contributed by atoms with Crippen molar-refractivity contribution in [2.45, 2.75) is 32.1 Å². The van der Waals surface area contributed by atoms with Crippen LogP contribution in [-0.2, 0) is 9.59 Å². The van der Waals surface area contributed by atoms with E-state index in [0.29, 0.717) is 18.8 Å². The van der Waals surface area contributed by atoms with Gasteiger partial charge < -0.3 is 15.4 Å². The van der Waals surface area contributed by atoms with Gasteiger partial charge in [-0.2, -0.15) is 0 Å². The number of ether oxygens (including phenoxy) is 1. The van der Waals surface area contributed by atoms with Crippen molar-refractivity contribution in [2.24, 2.45) is 5.92 Å². The minimum absolute atomic E-state index is 0.0459. The van der Waals surface area contributed by atoms with Crippen LogP contribution in [0.2, 0.25) is 0 Å². The second-order valence-electron chi connectivity index (χ2n) is 5.27. The van der Waals surface area contributed by atoms with E-state index in [1.165, 1.54) is 0 Å². The van der Waals surface area contributed by atoms with Crippen LogP contribution in [0, 0.1) is 5.92 Å². The normalized spacial score (nSPS) is 14.7. The van der Waals surface area contributed by atoms with Gasteiger partial charge in [0.1, 0.15) is 5.75 Å². The van der Waals surface area contributed by atoms with Gasteiger partial charge in [0.2, 0.25) is 11.8 Å². The van der Waals surface area contributed by atoms with Crippen molar-refractivity contribution in [3.05, 3.63) is 24.3 Å². The number of nitrogens with one attached hydrogen (secondary N) is 2. The van der Waals surface area contributed by atoms with Gasteiger partial charge in [0.25, 0.3) is 0 Å². The van der Waals surface area contributed by atoms with Crippen LogP contribution in [0.5, 0.6) is 5.75 Å². The van der Waals surface area contributed by atoms with Crippen molar-refractivity contribution in [3.63, 3.8) is 0 Å². The number of carbonyl (C=O) groups is 2. The van der Waals surface area contributed by atoms with E-state index in [9.17, 15) is 9.59 Å². The van der Waals surface area contributed by atoms with Crippen molar-refractivity contribution in [3.8, 4) is 5.75 Å². The van der Waals surface area contributed by atoms with E-state index >= 15 is 0 Å². The Kier molecular flexibility index (Phi) is 5.60. The van der Waals surface area contributed by atoms with E-state index in [2.05, 4.69) is 10.6 Å². The lowest BCUT2D eigenvalue weighted by atomic mass is 10.1. The smallest absolute Gasteiger partial charge is 0.227 e. The summed E-state index contributed by atoms with van der Waals surface area (Å²) in [7, 11) is 1.60. The fourth-order valence-corrected chi connectivity index (χ4v) is 2.45. The summed E-state index contributed by atoms with van der Waals surface area (Å²) in [6.45, 7) is 0.341. The predicted molar refractivity (Wildman–Crippen MR) is 81.2 cm³/mol. The Balaban J connectivity index is 1.78. The number of carbonyl (C=O) groups excluding carboxylic acids is 2. The van der Waals surface area contributed by atoms with Gasteiger partial charge in [-0.3, -0.25) is 9.59 Å². The molecule has 0 atom stereocenters. The first kappa shape index (κ1) is 15.4. The zero-order valence-corrected chi connectivity index (χ0v) is 12.4. The van der Waals surface area contributed by atoms with Crippen LogP contribution in [-0.4, -0.2) is 25.5 Å². The van der Waals surface area contributed by atoms with Gasteiger partial charge in [-0.15, -0.1) is 0 Å². The molecule has 2 N–H and O–H groups in total. The number of benzene rings is 1. The molecule has 1 aliphatic carbocycles. The largest absolute Gasteiger partial charge is 0.493 e. The molecule has 1 aliphatic rings. The van der Waals surface area contributed by atoms with Crippen LogP contribution in [0.25, 0.3) is 0 Å². The zero-order chi connectivity index (χ0) is 15.1. The second-order valence-corrected chi connectivity index (χ2v) is 5.27. The lowest BCUT2D eigenvalue weighted by Gasteiger charge is -2.11. The van der Waals surface area contributed by atoms with E-state index in [0.717, 1.165) is 31.4 Å². The Morgan fingerprint density at radius 3 is 2.48 bits per heavy atom. The number of anilines is 1. The van der Waals surface area contributed by atoms with E-state index in [4.69, 9.17) is 4.74 Å². The average Bonchev–Trinajstić information content (AvgIpc) is 3.03. The van der Waals surface area contributed by atoms with Gasteiger partial charge in [-0.05, 0) is 37.1 Å². The summed E-state index contributed by atoms with van der Waals surface area (Å²) >= 11 is 0. The molecule has 0 bridgehead atoms. The highest BCUT2D eigenvalue weighted by Gasteiger charge is 2.22. The summed E-state index contributed by atoms with van der Waals surface area (Å²) in [5, 5.41) is 5.48. The molecule has 5 heteroatoms. The van der Waals surface area contributed by atoms with Crippen LogP contribution < -0.4 is 15.4 Å². The number of hydrogen-bond donors (Lipinski definition) is 2. The maximum absolute atomic E-state index is 12.0. The quantitative estimate of drug-likeness (QED) is 0.845. The predicted octanol–water partition coefficient (Wildman–Crippen LogP) is 2.33. The molecular weight excluding hydrogens is 268 g/mol. The third-order valence-corrected chi connectivity index (χ3v) is 3.72. The highest BCUT2D eigenvalue weighted by Crippen LogP contribution is 2.26. The van der Waals surface area contributed by atoms with Crippen molar-refractivity contribution >= 4 is 17.5 Å². The first-order chi connectivity index (χ1) is 10.2. The molecule has 1 aromatic carbocycles. The molecule has 0 aliphatic heterocycles. The molecule has 0 aromatic heterocycles. The van der Waals surface area contributed by atoms with Gasteiger partial charge in [0, 0.05) is 18.7 Å². The van der Waals surface area contributed by atoms with Crippen molar-refractivity contribution < 1.29 is 14.3 Å². The highest BCUT2D eigenvalue weighted by atomic mass is 16.5. The molecule has 0 spiro atoms. The average molecular weight is 290 g/mol. The lowest BCUT2D eigenvalue weighted by molar-refractivity contribution is -0.121. The van der Waals surface area contributed by atoms with Gasteiger partial charge in [0.15, 0.2) is 0 Å². The summed E-state index contributed by atoms with van der Waals surface area (Å²) in [4.78, 5) is 23.1. The van der Waals surface area contributed by atoms with Gasteiger partial charge in [-0.1, -0.05) is 12.8 Å². The van der Waals surface area contributed by atoms with E-state index < -0.39 is 0 Å². The first-order valence-corrected chi connectivity index (χ1v) is 7.43. The summed E-state index contributed by atoms with van der Waals surface area (Å²) < 4.78 is 5.46. The molecule has 0 heterocycles. The standard InChI is InChI=1S/C16H22N2O3/c1-17-15(19)10-11-21-14-8-6-13(7-9-14)18-16(20)12-4-2-3-5-12/h6-9,12H,2-5,10-11H2,1H3,(H,17,19)(H,18,20). The third kappa shape index (κ3) is 4.77. The van der Waals surface area contributed by atoms with Crippen molar-refractivity contribution in [1.82, 2.24) is 5.32 Å². The number of hydrogen-bond acceptors (Lipinski definition) is 3. The van der Waals surface area contributed by atoms with E-state index in [1.54, 1.807) is 19.2 Å². The fraction of sp³-hybridized carbons (Fsp3) is 0.500. The molecule has 0 unspecified atom stereocenters. The topological polar surface area (TPSA) is 67.4 Å². The van der Waals surface area contributed by atoms with E-state index in [-0.39, 0.29) is 17.7 Å². The Morgan fingerprint density at radius 2 is 1.86 bits per heavy atom. The number of rotatable bonds is 6. The first-order valence-electron chi connectivity index (χ1n) is 7.43. The van der Waals surface area contributed by atoms with Crippen molar-refractivity contribution in [2.75, 3.05) is 19.0 Å². The number of amides is 2. The summed E-state index contributed by atoms with van der Waals surface area (Å²) in [5.41, 5.74) is 0.783.